The number of nitrogens with zero attached hydrogens (tertiary/aromatic N) is 2. The van der Waals surface area contributed by atoms with Crippen LogP contribution in [0.15, 0.2) is 24.3 Å². The van der Waals surface area contributed by atoms with Crippen molar-refractivity contribution in [2.75, 3.05) is 13.1 Å². The van der Waals surface area contributed by atoms with Gasteiger partial charge in [-0.25, -0.2) is 0 Å². The van der Waals surface area contributed by atoms with Crippen LogP contribution in [0.4, 0.5) is 0 Å². The van der Waals surface area contributed by atoms with Crippen LogP contribution < -0.4 is 5.32 Å². The number of aromatic nitrogens is 3. The molecular weight excluding hydrogens is 320 g/mol. The fraction of sp³-hybridized carbons (Fsp3) is 0.636. The zero-order valence-electron chi connectivity index (χ0n) is 16.7. The molecule has 0 bridgehead atoms. The average Bonchev–Trinajstić information content (AvgIpc) is 3.11. The lowest BCUT2D eigenvalue weighted by Gasteiger charge is -2.06. The molecule has 0 amide bonds. The van der Waals surface area contributed by atoms with Crippen LogP contribution in [0.2, 0.25) is 0 Å². The predicted molar refractivity (Wildman–Crippen MR) is 110 cm³/mol. The van der Waals surface area contributed by atoms with E-state index >= 15 is 0 Å². The highest BCUT2D eigenvalue weighted by Gasteiger charge is 2.11. The van der Waals surface area contributed by atoms with Crippen molar-refractivity contribution in [3.63, 3.8) is 0 Å². The third kappa shape index (κ3) is 7.28. The summed E-state index contributed by atoms with van der Waals surface area (Å²) in [6.07, 6.45) is 13.4. The van der Waals surface area contributed by atoms with Crippen molar-refractivity contribution in [3.05, 3.63) is 35.5 Å². The summed E-state index contributed by atoms with van der Waals surface area (Å²) in [5, 5.41) is 14.9. The van der Waals surface area contributed by atoms with Crippen LogP contribution in [0, 0.1) is 6.92 Å². The van der Waals surface area contributed by atoms with E-state index in [9.17, 15) is 0 Å². The number of hydrogen-bond acceptors (Lipinski definition) is 3. The number of hydrogen-bond donors (Lipinski definition) is 2. The molecule has 0 aliphatic carbocycles. The summed E-state index contributed by atoms with van der Waals surface area (Å²) in [4.78, 5) is 0. The molecule has 0 radical (unpaired) electrons. The average molecular weight is 357 g/mol. The van der Waals surface area contributed by atoms with E-state index in [4.69, 9.17) is 0 Å². The quantitative estimate of drug-likeness (QED) is 0.443. The minimum atomic E-state index is 0.939. The molecule has 4 heteroatoms. The summed E-state index contributed by atoms with van der Waals surface area (Å²) in [5.74, 6) is 0. The van der Waals surface area contributed by atoms with Crippen LogP contribution in [0.5, 0.6) is 0 Å². The van der Waals surface area contributed by atoms with Crippen molar-refractivity contribution in [2.45, 2.75) is 78.1 Å². The first kappa shape index (κ1) is 20.6. The molecule has 0 spiro atoms. The van der Waals surface area contributed by atoms with Gasteiger partial charge in [0.15, 0.2) is 0 Å². The summed E-state index contributed by atoms with van der Waals surface area (Å²) < 4.78 is 0. The van der Waals surface area contributed by atoms with Gasteiger partial charge < -0.3 is 5.32 Å². The van der Waals surface area contributed by atoms with Crippen LogP contribution in [-0.2, 0) is 6.42 Å². The van der Waals surface area contributed by atoms with E-state index in [1.807, 2.05) is 0 Å². The zero-order chi connectivity index (χ0) is 18.5. The topological polar surface area (TPSA) is 53.6 Å². The highest BCUT2D eigenvalue weighted by atomic mass is 15.3. The summed E-state index contributed by atoms with van der Waals surface area (Å²) in [6.45, 7) is 6.48. The van der Waals surface area contributed by atoms with E-state index < -0.39 is 0 Å². The monoisotopic (exact) mass is 356 g/mol. The standard InChI is InChI=1S/C22H36N4/c1-3-4-5-6-7-8-9-10-13-17-23-18-16-21-22(25-26-24-21)20-15-12-11-14-19(20)2/h11-12,14-15,23H,3-10,13,16-18H2,1-2H3,(H,24,25,26). The third-order valence-electron chi connectivity index (χ3n) is 5.03. The number of aryl methyl sites for hydroxylation is 1. The Balaban J connectivity index is 1.55. The molecule has 2 N–H and O–H groups in total. The van der Waals surface area contributed by atoms with Crippen LogP contribution in [-0.4, -0.2) is 28.5 Å². The van der Waals surface area contributed by atoms with E-state index in [1.54, 1.807) is 0 Å². The Morgan fingerprint density at radius 1 is 0.885 bits per heavy atom. The van der Waals surface area contributed by atoms with E-state index in [2.05, 4.69) is 58.8 Å². The van der Waals surface area contributed by atoms with Gasteiger partial charge in [0.05, 0.1) is 5.69 Å². The minimum Gasteiger partial charge on any atom is -0.316 e. The number of aromatic amines is 1. The van der Waals surface area contributed by atoms with Crippen LogP contribution in [0.1, 0.15) is 76.0 Å². The fourth-order valence-electron chi connectivity index (χ4n) is 3.38. The van der Waals surface area contributed by atoms with Crippen molar-refractivity contribution in [2.24, 2.45) is 0 Å². The van der Waals surface area contributed by atoms with Crippen LogP contribution in [0.25, 0.3) is 11.3 Å². The van der Waals surface area contributed by atoms with E-state index in [-0.39, 0.29) is 0 Å². The largest absolute Gasteiger partial charge is 0.316 e. The number of rotatable bonds is 14. The number of unbranched alkanes of at least 4 members (excludes halogenated alkanes) is 8. The summed E-state index contributed by atoms with van der Waals surface area (Å²) >= 11 is 0. The minimum absolute atomic E-state index is 0.939. The highest BCUT2D eigenvalue weighted by molar-refractivity contribution is 5.65. The Hall–Kier alpha value is -1.68. The predicted octanol–water partition coefficient (Wildman–Crippen LogP) is 5.44. The molecule has 1 heterocycles. The van der Waals surface area contributed by atoms with Gasteiger partial charge in [-0.2, -0.15) is 0 Å². The highest BCUT2D eigenvalue weighted by Crippen LogP contribution is 2.23. The smallest absolute Gasteiger partial charge is 0.116 e. The van der Waals surface area contributed by atoms with Crippen molar-refractivity contribution < 1.29 is 0 Å². The Morgan fingerprint density at radius 3 is 2.31 bits per heavy atom. The van der Waals surface area contributed by atoms with Crippen molar-refractivity contribution in [1.29, 1.82) is 0 Å². The Morgan fingerprint density at radius 2 is 1.58 bits per heavy atom. The Labute approximate surface area is 159 Å². The molecule has 2 rings (SSSR count). The SMILES string of the molecule is CCCCCCCCCCCNCCc1[nH]nnc1-c1ccccc1C. The van der Waals surface area contributed by atoms with Gasteiger partial charge in [0, 0.05) is 18.5 Å². The second-order valence-corrected chi connectivity index (χ2v) is 7.28. The number of nitrogens with one attached hydrogen (secondary N) is 2. The second kappa shape index (κ2) is 12.6. The van der Waals surface area contributed by atoms with Gasteiger partial charge in [0.2, 0.25) is 0 Å². The molecule has 0 unspecified atom stereocenters. The molecule has 0 aliphatic rings. The molecule has 1 aromatic heterocycles. The first-order chi connectivity index (χ1) is 12.8. The molecule has 2 aromatic rings. The second-order valence-electron chi connectivity index (χ2n) is 7.28. The summed E-state index contributed by atoms with van der Waals surface area (Å²) in [5.41, 5.74) is 4.53. The normalized spacial score (nSPS) is 11.2. The molecule has 4 nitrogen and oxygen atoms in total. The maximum absolute atomic E-state index is 4.29. The third-order valence-corrected chi connectivity index (χ3v) is 5.03. The molecule has 26 heavy (non-hydrogen) atoms. The first-order valence-electron chi connectivity index (χ1n) is 10.5. The molecule has 144 valence electrons. The first-order valence-corrected chi connectivity index (χ1v) is 10.5. The van der Waals surface area contributed by atoms with Gasteiger partial charge in [-0.3, -0.25) is 5.10 Å². The van der Waals surface area contributed by atoms with Crippen molar-refractivity contribution in [1.82, 2.24) is 20.7 Å². The molecule has 0 saturated heterocycles. The maximum atomic E-state index is 4.29. The van der Waals surface area contributed by atoms with Gasteiger partial charge in [-0.1, -0.05) is 87.8 Å². The molecule has 0 saturated carbocycles. The number of H-pyrrole nitrogens is 1. The van der Waals surface area contributed by atoms with Gasteiger partial charge in [0.1, 0.15) is 5.69 Å². The fourth-order valence-corrected chi connectivity index (χ4v) is 3.38. The molecule has 0 aliphatic heterocycles. The molecule has 1 aromatic carbocycles. The van der Waals surface area contributed by atoms with E-state index in [1.165, 1.54) is 68.9 Å². The molecular formula is C22H36N4. The lowest BCUT2D eigenvalue weighted by atomic mass is 10.0. The summed E-state index contributed by atoms with van der Waals surface area (Å²) in [6, 6.07) is 8.36. The molecule has 0 fully saturated rings. The Bertz CT molecular complexity index is 606. The van der Waals surface area contributed by atoms with Gasteiger partial charge in [0.25, 0.3) is 0 Å². The van der Waals surface area contributed by atoms with Gasteiger partial charge >= 0.3 is 0 Å². The number of benzene rings is 1. The van der Waals surface area contributed by atoms with Crippen molar-refractivity contribution >= 4 is 0 Å². The Kier molecular flexibility index (Phi) is 10.0. The van der Waals surface area contributed by atoms with Crippen LogP contribution in [0.3, 0.4) is 0 Å². The zero-order valence-corrected chi connectivity index (χ0v) is 16.7. The lowest BCUT2D eigenvalue weighted by Crippen LogP contribution is -2.18. The van der Waals surface area contributed by atoms with E-state index in [0.29, 0.717) is 0 Å². The maximum Gasteiger partial charge on any atom is 0.116 e. The van der Waals surface area contributed by atoms with E-state index in [0.717, 1.165) is 30.9 Å². The summed E-state index contributed by atoms with van der Waals surface area (Å²) in [7, 11) is 0. The van der Waals surface area contributed by atoms with Gasteiger partial charge in [-0.05, 0) is 25.5 Å². The lowest BCUT2D eigenvalue weighted by molar-refractivity contribution is 0.549. The van der Waals surface area contributed by atoms with Crippen molar-refractivity contribution in [3.8, 4) is 11.3 Å². The van der Waals surface area contributed by atoms with Crippen LogP contribution >= 0.6 is 0 Å². The van der Waals surface area contributed by atoms with Gasteiger partial charge in [-0.15, -0.1) is 5.10 Å². The molecule has 0 atom stereocenters.